The Hall–Kier alpha value is -2.22. The van der Waals surface area contributed by atoms with Crippen LogP contribution in [0.3, 0.4) is 0 Å². The molecule has 1 N–H and O–H groups in total. The topological polar surface area (TPSA) is 15.3 Å². The van der Waals surface area contributed by atoms with Gasteiger partial charge in [-0.1, -0.05) is 152 Å². The van der Waals surface area contributed by atoms with E-state index in [-0.39, 0.29) is 0 Å². The molecule has 1 heterocycles. The zero-order chi connectivity index (χ0) is 36.9. The van der Waals surface area contributed by atoms with E-state index in [2.05, 4.69) is 124 Å². The van der Waals surface area contributed by atoms with Crippen LogP contribution >= 0.6 is 0 Å². The highest BCUT2D eigenvalue weighted by Crippen LogP contribution is 2.43. The summed E-state index contributed by atoms with van der Waals surface area (Å²) in [6, 6.07) is 7.43. The van der Waals surface area contributed by atoms with Crippen molar-refractivity contribution in [2.24, 2.45) is 17.8 Å². The van der Waals surface area contributed by atoms with E-state index in [1.165, 1.54) is 97.9 Å². The average Bonchev–Trinajstić information content (AvgIpc) is 3.92. The van der Waals surface area contributed by atoms with E-state index >= 15 is 0 Å². The lowest BCUT2D eigenvalue weighted by Gasteiger charge is -2.43. The van der Waals surface area contributed by atoms with E-state index in [1.54, 1.807) is 0 Å². The molecular weight excluding hydrogens is 569 g/mol. The van der Waals surface area contributed by atoms with Crippen LogP contribution in [-0.2, 0) is 0 Å². The van der Waals surface area contributed by atoms with Gasteiger partial charge < -0.3 is 10.2 Å². The highest BCUT2D eigenvalue weighted by atomic mass is 15.2. The molecule has 0 amide bonds. The van der Waals surface area contributed by atoms with E-state index in [0.717, 1.165) is 30.0 Å². The maximum atomic E-state index is 4.09. The van der Waals surface area contributed by atoms with Crippen LogP contribution < -0.4 is 5.32 Å². The molecule has 3 aliphatic rings. The maximum Gasteiger partial charge on any atom is 0.0447 e. The number of unbranched alkanes of at least 4 members (excludes halogenated alkanes) is 1. The first-order valence-electron chi connectivity index (χ1n) is 19.7. The molecule has 2 saturated carbocycles. The highest BCUT2D eigenvalue weighted by Gasteiger charge is 2.32. The standard InChI is InChI=1S/C22H29N.C7H13N.C5H12.C4H10.C3H8.2C2H6/c1-6-19-17(5)23(18-11-8-15(3)9-12-18)22(7-2)21-14-16(4)10-13-20(19)21;1-6(2)8-5-7-3-4-7;1-4-5(2)3;1-3-4-2;1-3-2;2*1-2/h6-7,10,13-15,18H,1,8-9,11-12H2,2-5H3;7-8H,1,3-5H2,2H3;5H,4H2,1-3H3;3-4H2,1-2H3;3H2,1-2H3;2*1-2H3/b22-7+;;;;;;. The lowest BCUT2D eigenvalue weighted by atomic mass is 9.83. The van der Waals surface area contributed by atoms with Gasteiger partial charge >= 0.3 is 0 Å². The molecule has 1 aliphatic heterocycles. The summed E-state index contributed by atoms with van der Waals surface area (Å²) in [5.41, 5.74) is 9.16. The molecule has 2 heteroatoms. The Morgan fingerprint density at radius 2 is 1.38 bits per heavy atom. The van der Waals surface area contributed by atoms with Crippen LogP contribution in [0, 0.1) is 24.7 Å². The van der Waals surface area contributed by atoms with Gasteiger partial charge in [0.15, 0.2) is 0 Å². The fourth-order valence-electron chi connectivity index (χ4n) is 4.90. The average molecular weight is 653 g/mol. The minimum atomic E-state index is 0.626. The van der Waals surface area contributed by atoms with Crippen molar-refractivity contribution in [1.82, 2.24) is 10.2 Å². The molecule has 0 saturated heterocycles. The second kappa shape index (κ2) is 31.1. The zero-order valence-electron chi connectivity index (χ0n) is 34.8. The second-order valence-electron chi connectivity index (χ2n) is 13.3. The number of hydrogen-bond acceptors (Lipinski definition) is 2. The summed E-state index contributed by atoms with van der Waals surface area (Å²) in [7, 11) is 0. The van der Waals surface area contributed by atoms with Crippen molar-refractivity contribution in [3.63, 3.8) is 0 Å². The van der Waals surface area contributed by atoms with Gasteiger partial charge in [-0.2, -0.15) is 0 Å². The molecule has 0 radical (unpaired) electrons. The monoisotopic (exact) mass is 653 g/mol. The number of fused-ring (bicyclic) bond motifs is 1. The predicted molar refractivity (Wildman–Crippen MR) is 221 cm³/mol. The van der Waals surface area contributed by atoms with Crippen LogP contribution in [-0.4, -0.2) is 17.5 Å². The van der Waals surface area contributed by atoms with E-state index in [0.29, 0.717) is 6.04 Å². The summed E-state index contributed by atoms with van der Waals surface area (Å²) in [5.74, 6) is 2.73. The molecule has 274 valence electrons. The lowest BCUT2D eigenvalue weighted by molar-refractivity contribution is 0.235. The Morgan fingerprint density at radius 3 is 1.74 bits per heavy atom. The van der Waals surface area contributed by atoms with Gasteiger partial charge in [0.1, 0.15) is 0 Å². The Balaban J connectivity index is -0.000000661. The third kappa shape index (κ3) is 21.4. The van der Waals surface area contributed by atoms with Gasteiger partial charge in [-0.25, -0.2) is 0 Å². The molecule has 0 aromatic heterocycles. The maximum absolute atomic E-state index is 4.09. The second-order valence-corrected chi connectivity index (χ2v) is 13.3. The molecule has 0 spiro atoms. The summed E-state index contributed by atoms with van der Waals surface area (Å²) >= 11 is 0. The minimum absolute atomic E-state index is 0.626. The lowest BCUT2D eigenvalue weighted by Crippen LogP contribution is -2.37. The van der Waals surface area contributed by atoms with Crippen LogP contribution in [0.25, 0.3) is 11.3 Å². The van der Waals surface area contributed by atoms with Crippen molar-refractivity contribution in [1.29, 1.82) is 0 Å². The molecule has 2 fully saturated rings. The fraction of sp³-hybridized carbons (Fsp3) is 0.689. The number of aryl methyl sites for hydroxylation is 1. The van der Waals surface area contributed by atoms with Gasteiger partial charge in [-0.15, -0.1) is 0 Å². The Morgan fingerprint density at radius 1 is 0.894 bits per heavy atom. The molecule has 47 heavy (non-hydrogen) atoms. The molecule has 0 atom stereocenters. The van der Waals surface area contributed by atoms with E-state index in [9.17, 15) is 0 Å². The van der Waals surface area contributed by atoms with Gasteiger partial charge in [0.25, 0.3) is 0 Å². The van der Waals surface area contributed by atoms with Crippen LogP contribution in [0.15, 0.2) is 54.9 Å². The van der Waals surface area contributed by atoms with Crippen molar-refractivity contribution in [2.45, 2.75) is 181 Å². The number of allylic oxidation sites excluding steroid dienone is 5. The van der Waals surface area contributed by atoms with E-state index in [1.807, 2.05) is 40.7 Å². The van der Waals surface area contributed by atoms with Gasteiger partial charge in [-0.05, 0) is 95.6 Å². The summed E-state index contributed by atoms with van der Waals surface area (Å²) in [4.78, 5) is 2.60. The summed E-state index contributed by atoms with van der Waals surface area (Å²) in [6.07, 6.45) is 17.6. The van der Waals surface area contributed by atoms with Crippen LogP contribution in [0.1, 0.15) is 185 Å². The van der Waals surface area contributed by atoms with Crippen molar-refractivity contribution in [3.05, 3.63) is 71.6 Å². The van der Waals surface area contributed by atoms with E-state index in [4.69, 9.17) is 0 Å². The van der Waals surface area contributed by atoms with Crippen LogP contribution in [0.5, 0.6) is 0 Å². The number of nitrogens with one attached hydrogen (secondary N) is 1. The van der Waals surface area contributed by atoms with Gasteiger partial charge in [0, 0.05) is 40.8 Å². The van der Waals surface area contributed by atoms with Gasteiger partial charge in [0.05, 0.1) is 0 Å². The molecule has 1 aromatic carbocycles. The summed E-state index contributed by atoms with van der Waals surface area (Å²) in [6.45, 7) is 43.2. The molecule has 0 bridgehead atoms. The number of nitrogens with zero attached hydrogens (tertiary/aromatic N) is 1. The summed E-state index contributed by atoms with van der Waals surface area (Å²) in [5, 5.41) is 3.21. The molecular formula is C45H84N2. The third-order valence-corrected chi connectivity index (χ3v) is 8.29. The first kappa shape index (κ1) is 49.2. The number of benzene rings is 1. The fourth-order valence-corrected chi connectivity index (χ4v) is 4.90. The summed E-state index contributed by atoms with van der Waals surface area (Å²) < 4.78 is 0. The van der Waals surface area contributed by atoms with Crippen molar-refractivity contribution >= 4 is 11.3 Å². The predicted octanol–water partition coefficient (Wildman–Crippen LogP) is 15.0. The molecule has 2 nitrogen and oxygen atoms in total. The SMILES string of the molecule is C=C(C)NCC1CC1.C=CC1=C(C)N(C2CCC(C)CC2)/C(=C/C)c2cc(C)ccc21.CC.CC.CCC.CCC(C)C.CCCC. The molecule has 1 aromatic rings. The first-order chi connectivity index (χ1) is 22.4. The smallest absolute Gasteiger partial charge is 0.0447 e. The normalized spacial score (nSPS) is 18.3. The molecule has 2 aliphatic carbocycles. The number of rotatable bonds is 7. The van der Waals surface area contributed by atoms with E-state index < -0.39 is 0 Å². The van der Waals surface area contributed by atoms with Crippen molar-refractivity contribution < 1.29 is 0 Å². The molecule has 0 unspecified atom stereocenters. The van der Waals surface area contributed by atoms with Gasteiger partial charge in [-0.3, -0.25) is 0 Å². The minimum Gasteiger partial charge on any atom is -0.389 e. The van der Waals surface area contributed by atoms with Crippen molar-refractivity contribution in [3.8, 4) is 0 Å². The van der Waals surface area contributed by atoms with Crippen LogP contribution in [0.2, 0.25) is 0 Å². The quantitative estimate of drug-likeness (QED) is 0.315. The van der Waals surface area contributed by atoms with Crippen LogP contribution in [0.4, 0.5) is 0 Å². The Kier molecular flexibility index (Phi) is 32.5. The number of hydrogen-bond donors (Lipinski definition) is 1. The Bertz CT molecular complexity index is 966. The molecule has 4 rings (SSSR count). The largest absolute Gasteiger partial charge is 0.389 e. The zero-order valence-corrected chi connectivity index (χ0v) is 34.8. The highest BCUT2D eigenvalue weighted by molar-refractivity contribution is 5.89. The van der Waals surface area contributed by atoms with Gasteiger partial charge in [0.2, 0.25) is 0 Å². The first-order valence-corrected chi connectivity index (χ1v) is 19.7. The third-order valence-electron chi connectivity index (χ3n) is 8.29. The van der Waals surface area contributed by atoms with Crippen molar-refractivity contribution in [2.75, 3.05) is 6.54 Å². The Labute approximate surface area is 297 Å².